The molecule has 0 spiro atoms. The number of piperidine rings is 1. The van der Waals surface area contributed by atoms with Gasteiger partial charge in [0, 0.05) is 25.7 Å². The third kappa shape index (κ3) is 2.59. The van der Waals surface area contributed by atoms with E-state index in [0.29, 0.717) is 17.1 Å². The Morgan fingerprint density at radius 1 is 1.61 bits per heavy atom. The number of hydrogen-bond donors (Lipinski definition) is 1. The fourth-order valence-corrected chi connectivity index (χ4v) is 2.89. The molecule has 2 heterocycles. The number of rotatable bonds is 3. The third-order valence-corrected chi connectivity index (χ3v) is 4.18. The minimum Gasteiger partial charge on any atom is -0.368 e. The minimum atomic E-state index is -0.0541. The molecule has 0 aromatic carbocycles. The van der Waals surface area contributed by atoms with Gasteiger partial charge in [0.1, 0.15) is 4.47 Å². The Bertz CT molecular complexity index is 474. The molecule has 1 aliphatic heterocycles. The lowest BCUT2D eigenvalue weighted by Crippen LogP contribution is -2.45. The number of nitrogens with zero attached hydrogens (tertiary/aromatic N) is 3. The van der Waals surface area contributed by atoms with Crippen molar-refractivity contribution >= 4 is 21.6 Å². The lowest BCUT2D eigenvalue weighted by molar-refractivity contribution is 0.448. The van der Waals surface area contributed by atoms with E-state index in [1.54, 1.807) is 6.20 Å². The minimum absolute atomic E-state index is 0.0541. The van der Waals surface area contributed by atoms with Crippen LogP contribution in [0.4, 0.5) is 5.69 Å². The molecule has 6 heteroatoms. The lowest BCUT2D eigenvalue weighted by atomic mass is 10.1. The van der Waals surface area contributed by atoms with E-state index < -0.39 is 0 Å². The van der Waals surface area contributed by atoms with Crippen molar-refractivity contribution < 1.29 is 0 Å². The van der Waals surface area contributed by atoms with Crippen LogP contribution in [0.1, 0.15) is 19.8 Å². The highest BCUT2D eigenvalue weighted by molar-refractivity contribution is 9.10. The molecule has 1 aromatic heterocycles. The van der Waals surface area contributed by atoms with Crippen LogP contribution in [0.3, 0.4) is 0 Å². The summed E-state index contributed by atoms with van der Waals surface area (Å²) in [6.45, 7) is 4.41. The smallest absolute Gasteiger partial charge is 0.283 e. The van der Waals surface area contributed by atoms with Gasteiger partial charge in [0.05, 0.1) is 11.9 Å². The van der Waals surface area contributed by atoms with Crippen LogP contribution in [0, 0.1) is 0 Å². The molecule has 1 N–H and O–H groups in total. The Hall–Kier alpha value is -0.880. The number of nitrogens with one attached hydrogen (secondary N) is 1. The van der Waals surface area contributed by atoms with Gasteiger partial charge in [-0.2, -0.15) is 5.10 Å². The largest absolute Gasteiger partial charge is 0.368 e. The second-order valence-corrected chi connectivity index (χ2v) is 5.33. The number of halogens is 1. The average Bonchev–Trinajstić information content (AvgIpc) is 2.42. The molecule has 0 aliphatic carbocycles. The predicted molar refractivity (Wildman–Crippen MR) is 76.2 cm³/mol. The van der Waals surface area contributed by atoms with Crippen LogP contribution < -0.4 is 15.8 Å². The molecule has 5 nitrogen and oxygen atoms in total. The van der Waals surface area contributed by atoms with E-state index in [-0.39, 0.29) is 5.56 Å². The van der Waals surface area contributed by atoms with Gasteiger partial charge in [0.15, 0.2) is 0 Å². The maximum atomic E-state index is 12.0. The van der Waals surface area contributed by atoms with Gasteiger partial charge in [0.2, 0.25) is 0 Å². The highest BCUT2D eigenvalue weighted by atomic mass is 79.9. The zero-order chi connectivity index (χ0) is 13.1. The summed E-state index contributed by atoms with van der Waals surface area (Å²) in [4.78, 5) is 14.3. The fraction of sp³-hybridized carbons (Fsp3) is 0.667. The Kier molecular flexibility index (Phi) is 4.40. The Balaban J connectivity index is 2.28. The van der Waals surface area contributed by atoms with E-state index in [2.05, 4.69) is 31.2 Å². The maximum absolute atomic E-state index is 12.0. The number of aryl methyl sites for hydroxylation is 1. The van der Waals surface area contributed by atoms with Crippen molar-refractivity contribution in [1.29, 1.82) is 0 Å². The monoisotopic (exact) mass is 314 g/mol. The van der Waals surface area contributed by atoms with Gasteiger partial charge in [-0.15, -0.1) is 0 Å². The molecular weight excluding hydrogens is 296 g/mol. The summed E-state index contributed by atoms with van der Waals surface area (Å²) in [6, 6.07) is 0.485. The van der Waals surface area contributed by atoms with E-state index >= 15 is 0 Å². The summed E-state index contributed by atoms with van der Waals surface area (Å²) in [5, 5.41) is 7.50. The zero-order valence-electron chi connectivity index (χ0n) is 10.8. The number of aromatic nitrogens is 2. The second-order valence-electron chi connectivity index (χ2n) is 4.54. The van der Waals surface area contributed by atoms with Gasteiger partial charge in [-0.1, -0.05) is 0 Å². The SMILES string of the molecule is CCn1ncc(N2CCCC(NC)C2)c(Br)c1=O. The van der Waals surface area contributed by atoms with E-state index in [1.165, 1.54) is 11.1 Å². The van der Waals surface area contributed by atoms with Crippen LogP contribution in [0.5, 0.6) is 0 Å². The molecule has 1 aliphatic rings. The van der Waals surface area contributed by atoms with Crippen molar-refractivity contribution in [2.45, 2.75) is 32.4 Å². The number of hydrogen-bond acceptors (Lipinski definition) is 4. The van der Waals surface area contributed by atoms with E-state index in [0.717, 1.165) is 25.2 Å². The predicted octanol–water partition coefficient (Wildman–Crippen LogP) is 1.21. The molecule has 18 heavy (non-hydrogen) atoms. The molecule has 0 saturated carbocycles. The molecule has 0 amide bonds. The van der Waals surface area contributed by atoms with Crippen LogP contribution in [0.15, 0.2) is 15.5 Å². The number of anilines is 1. The highest BCUT2D eigenvalue weighted by Gasteiger charge is 2.21. The third-order valence-electron chi connectivity index (χ3n) is 3.44. The van der Waals surface area contributed by atoms with Gasteiger partial charge in [0.25, 0.3) is 5.56 Å². The zero-order valence-corrected chi connectivity index (χ0v) is 12.4. The van der Waals surface area contributed by atoms with Crippen molar-refractivity contribution in [2.24, 2.45) is 0 Å². The Morgan fingerprint density at radius 2 is 2.39 bits per heavy atom. The topological polar surface area (TPSA) is 50.2 Å². The van der Waals surface area contributed by atoms with Crippen molar-refractivity contribution in [2.75, 3.05) is 25.0 Å². The lowest BCUT2D eigenvalue weighted by Gasteiger charge is -2.34. The van der Waals surface area contributed by atoms with Crippen LogP contribution in [0.25, 0.3) is 0 Å². The van der Waals surface area contributed by atoms with Gasteiger partial charge < -0.3 is 10.2 Å². The fourth-order valence-electron chi connectivity index (χ4n) is 2.33. The molecule has 0 bridgehead atoms. The van der Waals surface area contributed by atoms with E-state index in [4.69, 9.17) is 0 Å². The summed E-state index contributed by atoms with van der Waals surface area (Å²) >= 11 is 3.41. The van der Waals surface area contributed by atoms with E-state index in [9.17, 15) is 4.79 Å². The molecule has 100 valence electrons. The normalized spacial score (nSPS) is 20.2. The quantitative estimate of drug-likeness (QED) is 0.911. The molecule has 1 fully saturated rings. The first-order chi connectivity index (χ1) is 8.67. The van der Waals surface area contributed by atoms with E-state index in [1.807, 2.05) is 14.0 Å². The van der Waals surface area contributed by atoms with Crippen LogP contribution in [0.2, 0.25) is 0 Å². The molecular formula is C12H19BrN4O. The van der Waals surface area contributed by atoms with Crippen LogP contribution >= 0.6 is 15.9 Å². The molecule has 2 rings (SSSR count). The molecule has 1 saturated heterocycles. The molecule has 1 atom stereocenters. The van der Waals surface area contributed by atoms with Gasteiger partial charge >= 0.3 is 0 Å². The van der Waals surface area contributed by atoms with Gasteiger partial charge in [-0.05, 0) is 42.7 Å². The Morgan fingerprint density at radius 3 is 3.06 bits per heavy atom. The molecule has 0 radical (unpaired) electrons. The summed E-state index contributed by atoms with van der Waals surface area (Å²) in [7, 11) is 1.98. The van der Waals surface area contributed by atoms with Crippen molar-refractivity contribution in [3.8, 4) is 0 Å². The van der Waals surface area contributed by atoms with Crippen LogP contribution in [-0.2, 0) is 6.54 Å². The van der Waals surface area contributed by atoms with Crippen molar-refractivity contribution in [3.05, 3.63) is 21.0 Å². The summed E-state index contributed by atoms with van der Waals surface area (Å²) in [6.07, 6.45) is 4.10. The van der Waals surface area contributed by atoms with Crippen molar-refractivity contribution in [3.63, 3.8) is 0 Å². The summed E-state index contributed by atoms with van der Waals surface area (Å²) in [5.74, 6) is 0. The molecule has 1 aromatic rings. The average molecular weight is 315 g/mol. The van der Waals surface area contributed by atoms with Crippen LogP contribution in [-0.4, -0.2) is 36.0 Å². The first kappa shape index (κ1) is 13.5. The Labute approximate surface area is 115 Å². The molecule has 1 unspecified atom stereocenters. The van der Waals surface area contributed by atoms with Crippen molar-refractivity contribution in [1.82, 2.24) is 15.1 Å². The van der Waals surface area contributed by atoms with Gasteiger partial charge in [-0.3, -0.25) is 4.79 Å². The summed E-state index contributed by atoms with van der Waals surface area (Å²) < 4.78 is 2.09. The standard InChI is InChI=1S/C12H19BrN4O/c1-3-17-12(18)11(13)10(7-15-17)16-6-4-5-9(8-16)14-2/h7,9,14H,3-6,8H2,1-2H3. The van der Waals surface area contributed by atoms with Gasteiger partial charge in [-0.25, -0.2) is 4.68 Å². The first-order valence-electron chi connectivity index (χ1n) is 6.35. The highest BCUT2D eigenvalue weighted by Crippen LogP contribution is 2.24. The second kappa shape index (κ2) is 5.84. The first-order valence-corrected chi connectivity index (χ1v) is 7.14. The summed E-state index contributed by atoms with van der Waals surface area (Å²) in [5.41, 5.74) is 0.853. The number of likely N-dealkylation sites (N-methyl/N-ethyl adjacent to an activating group) is 1. The maximum Gasteiger partial charge on any atom is 0.283 e.